The van der Waals surface area contributed by atoms with Gasteiger partial charge in [0.15, 0.2) is 0 Å². The third-order valence-corrected chi connectivity index (χ3v) is 2.80. The molecule has 0 aliphatic carbocycles. The quantitative estimate of drug-likeness (QED) is 0.504. The molecular weight excluding hydrogens is 302 g/mol. The third kappa shape index (κ3) is 4.24. The summed E-state index contributed by atoms with van der Waals surface area (Å²) >= 11 is 1.92. The van der Waals surface area contributed by atoms with E-state index in [0.717, 1.165) is 9.17 Å². The van der Waals surface area contributed by atoms with Crippen molar-refractivity contribution in [3.8, 4) is 0 Å². The summed E-state index contributed by atoms with van der Waals surface area (Å²) in [6.07, 6.45) is 0. The van der Waals surface area contributed by atoms with Gasteiger partial charge >= 0.3 is 105 Å². The van der Waals surface area contributed by atoms with Crippen LogP contribution in [0.3, 0.4) is 0 Å². The molecule has 0 saturated heterocycles. The molecule has 2 nitrogen and oxygen atoms in total. The van der Waals surface area contributed by atoms with E-state index in [-0.39, 0.29) is 11.3 Å². The van der Waals surface area contributed by atoms with Gasteiger partial charge in [-0.3, -0.25) is 0 Å². The molecule has 1 N–H and O–H groups in total. The normalized spacial score (nSPS) is 11.1. The van der Waals surface area contributed by atoms with Gasteiger partial charge in [0.25, 0.3) is 0 Å². The van der Waals surface area contributed by atoms with Crippen LogP contribution >= 0.6 is 0 Å². The summed E-state index contributed by atoms with van der Waals surface area (Å²) in [7, 11) is 0. The summed E-state index contributed by atoms with van der Waals surface area (Å²) in [4.78, 5) is 0. The van der Waals surface area contributed by atoms with E-state index in [1.807, 2.05) is 46.6 Å². The predicted molar refractivity (Wildman–Crippen MR) is 64.1 cm³/mol. The van der Waals surface area contributed by atoms with Crippen molar-refractivity contribution in [2.24, 2.45) is 5.41 Å². The molecule has 0 bridgehead atoms. The number of hydrogen-bond donors (Lipinski definition) is 1. The van der Waals surface area contributed by atoms with Crippen LogP contribution < -0.4 is 3.61 Å². The van der Waals surface area contributed by atoms with Crippen molar-refractivity contribution in [1.29, 1.82) is 5.41 Å². The predicted octanol–water partition coefficient (Wildman–Crippen LogP) is 1.87. The Kier molecular flexibility index (Phi) is 4.19. The second-order valence-corrected chi connectivity index (χ2v) is 5.93. The van der Waals surface area contributed by atoms with Gasteiger partial charge in [-0.2, -0.15) is 0 Å². The van der Waals surface area contributed by atoms with Gasteiger partial charge in [-0.05, 0) is 0 Å². The standard InChI is InChI=1S/C12H16NOTe/c1-12(2,3)8-14-11(13)9-6-4-5-7-10(9)15/h4-7,13H,8H2,1-3H3. The minimum atomic E-state index is 0.0931. The summed E-state index contributed by atoms with van der Waals surface area (Å²) in [5.41, 5.74) is 0.974. The molecule has 0 aliphatic heterocycles. The maximum absolute atomic E-state index is 7.83. The summed E-state index contributed by atoms with van der Waals surface area (Å²) < 4.78 is 6.55. The zero-order valence-corrected chi connectivity index (χ0v) is 11.7. The molecule has 0 amide bonds. The fourth-order valence-electron chi connectivity index (χ4n) is 1.02. The first-order chi connectivity index (χ1) is 6.90. The van der Waals surface area contributed by atoms with Crippen molar-refractivity contribution >= 4 is 31.8 Å². The van der Waals surface area contributed by atoms with Crippen LogP contribution in [0.25, 0.3) is 0 Å². The molecule has 0 unspecified atom stereocenters. The van der Waals surface area contributed by atoms with Crippen LogP contribution in [0.4, 0.5) is 0 Å². The number of rotatable bonds is 2. The summed E-state index contributed by atoms with van der Waals surface area (Å²) in [5, 5.41) is 7.83. The average molecular weight is 318 g/mol. The van der Waals surface area contributed by atoms with Crippen molar-refractivity contribution in [3.05, 3.63) is 29.8 Å². The van der Waals surface area contributed by atoms with Crippen molar-refractivity contribution in [2.45, 2.75) is 20.8 Å². The fraction of sp³-hybridized carbons (Fsp3) is 0.417. The number of ether oxygens (including phenoxy) is 1. The first kappa shape index (κ1) is 12.5. The van der Waals surface area contributed by atoms with Gasteiger partial charge in [-0.15, -0.1) is 0 Å². The zero-order valence-electron chi connectivity index (χ0n) is 9.33. The molecule has 15 heavy (non-hydrogen) atoms. The van der Waals surface area contributed by atoms with Gasteiger partial charge in [0.05, 0.1) is 0 Å². The van der Waals surface area contributed by atoms with Crippen LogP contribution in [0.15, 0.2) is 24.3 Å². The van der Waals surface area contributed by atoms with E-state index in [1.54, 1.807) is 0 Å². The molecule has 1 rings (SSSR count). The summed E-state index contributed by atoms with van der Waals surface area (Å²) in [5.74, 6) is 0.269. The van der Waals surface area contributed by atoms with E-state index in [2.05, 4.69) is 20.8 Å². The Balaban J connectivity index is 2.66. The molecule has 0 fully saturated rings. The molecule has 0 heterocycles. The van der Waals surface area contributed by atoms with E-state index in [9.17, 15) is 0 Å². The van der Waals surface area contributed by atoms with Gasteiger partial charge < -0.3 is 0 Å². The summed E-state index contributed by atoms with van der Waals surface area (Å²) in [6.45, 7) is 6.86. The molecule has 1 aromatic carbocycles. The van der Waals surface area contributed by atoms with Gasteiger partial charge in [0.2, 0.25) is 0 Å². The van der Waals surface area contributed by atoms with Gasteiger partial charge in [0.1, 0.15) is 0 Å². The Morgan fingerprint density at radius 1 is 1.33 bits per heavy atom. The molecule has 0 saturated carbocycles. The first-order valence-corrected chi connectivity index (χ1v) is 6.04. The zero-order chi connectivity index (χ0) is 11.5. The van der Waals surface area contributed by atoms with Crippen molar-refractivity contribution in [3.63, 3.8) is 0 Å². The van der Waals surface area contributed by atoms with Crippen molar-refractivity contribution in [2.75, 3.05) is 6.61 Å². The van der Waals surface area contributed by atoms with Crippen LogP contribution in [0.2, 0.25) is 0 Å². The van der Waals surface area contributed by atoms with E-state index in [4.69, 9.17) is 10.1 Å². The first-order valence-electron chi connectivity index (χ1n) is 4.88. The Labute approximate surface area is 104 Å². The number of hydrogen-bond acceptors (Lipinski definition) is 2. The fourth-order valence-corrected chi connectivity index (χ4v) is 1.70. The van der Waals surface area contributed by atoms with Crippen LogP contribution in [0, 0.1) is 10.8 Å². The molecular formula is C12H16NOTe. The molecule has 0 aliphatic rings. The third-order valence-electron chi connectivity index (χ3n) is 1.78. The number of nitrogens with one attached hydrogen (secondary N) is 1. The Morgan fingerprint density at radius 2 is 1.93 bits per heavy atom. The molecule has 0 spiro atoms. The van der Waals surface area contributed by atoms with Crippen LogP contribution in [-0.4, -0.2) is 34.8 Å². The van der Waals surface area contributed by atoms with Crippen molar-refractivity contribution < 1.29 is 4.74 Å². The monoisotopic (exact) mass is 320 g/mol. The Bertz CT molecular complexity index is 355. The molecule has 1 radical (unpaired) electrons. The second-order valence-electron chi connectivity index (χ2n) is 4.67. The van der Waals surface area contributed by atoms with Crippen LogP contribution in [0.1, 0.15) is 26.3 Å². The van der Waals surface area contributed by atoms with Gasteiger partial charge in [-0.25, -0.2) is 0 Å². The second kappa shape index (κ2) is 5.01. The van der Waals surface area contributed by atoms with Gasteiger partial charge in [-0.1, -0.05) is 0 Å². The van der Waals surface area contributed by atoms with E-state index >= 15 is 0 Å². The SMILES string of the molecule is CC(C)(C)COC(=N)c1ccccc1[Te]. The van der Waals surface area contributed by atoms with Crippen LogP contribution in [0.5, 0.6) is 0 Å². The molecule has 0 atom stereocenters. The van der Waals surface area contributed by atoms with E-state index in [1.165, 1.54) is 0 Å². The molecule has 3 heteroatoms. The molecule has 1 aromatic rings. The van der Waals surface area contributed by atoms with Gasteiger partial charge in [0, 0.05) is 0 Å². The van der Waals surface area contributed by atoms with E-state index in [0.29, 0.717) is 6.61 Å². The average Bonchev–Trinajstić information content (AvgIpc) is 2.14. The molecule has 81 valence electrons. The van der Waals surface area contributed by atoms with E-state index < -0.39 is 0 Å². The number of benzene rings is 1. The minimum absolute atomic E-state index is 0.0931. The Morgan fingerprint density at radius 3 is 2.47 bits per heavy atom. The summed E-state index contributed by atoms with van der Waals surface area (Å²) in [6, 6.07) is 7.81. The van der Waals surface area contributed by atoms with Crippen molar-refractivity contribution in [1.82, 2.24) is 0 Å². The topological polar surface area (TPSA) is 33.1 Å². The molecule has 0 aromatic heterocycles. The Hall–Kier alpha value is -0.520. The maximum atomic E-state index is 7.83. The van der Waals surface area contributed by atoms with Crippen LogP contribution in [-0.2, 0) is 4.74 Å².